The highest BCUT2D eigenvalue weighted by Crippen LogP contribution is 2.36. The average Bonchev–Trinajstić information content (AvgIpc) is 3.32. The van der Waals surface area contributed by atoms with E-state index in [0.29, 0.717) is 0 Å². The van der Waals surface area contributed by atoms with Gasteiger partial charge in [-0.05, 0) is 79.3 Å². The number of carbonyl (C=O) groups is 1. The maximum Gasteiger partial charge on any atom is 0.221 e. The predicted molar refractivity (Wildman–Crippen MR) is 127 cm³/mol. The van der Waals surface area contributed by atoms with E-state index in [4.69, 9.17) is 9.47 Å². The molecule has 0 spiro atoms. The Kier molecular flexibility index (Phi) is 6.74. The standard InChI is InChI=1S/C27H30N2O3/c1-18(20-8-11-23(12-9-20)29-19(2)30)21-14-15-28-25(16-21)22-10-13-26(31-3)27(17-22)32-24-6-4-5-7-24/h8-18,24H,4-7H2,1-3H3,(H,29,30). The number of rotatable bonds is 7. The van der Waals surface area contributed by atoms with Gasteiger partial charge < -0.3 is 14.8 Å². The van der Waals surface area contributed by atoms with Crippen LogP contribution in [0.25, 0.3) is 11.3 Å². The van der Waals surface area contributed by atoms with Crippen molar-refractivity contribution in [2.24, 2.45) is 0 Å². The van der Waals surface area contributed by atoms with Crippen LogP contribution < -0.4 is 14.8 Å². The average molecular weight is 431 g/mol. The maximum atomic E-state index is 11.3. The Labute approximate surface area is 189 Å². The number of methoxy groups -OCH3 is 1. The summed E-state index contributed by atoms with van der Waals surface area (Å²) in [7, 11) is 1.67. The molecule has 1 amide bonds. The van der Waals surface area contributed by atoms with E-state index in [1.165, 1.54) is 30.9 Å². The molecular formula is C27H30N2O3. The van der Waals surface area contributed by atoms with Crippen LogP contribution >= 0.6 is 0 Å². The SMILES string of the molecule is COc1ccc(-c2cc(C(C)c3ccc(NC(C)=O)cc3)ccn2)cc1OC1CCCC1. The van der Waals surface area contributed by atoms with Gasteiger partial charge in [-0.1, -0.05) is 19.1 Å². The first-order valence-electron chi connectivity index (χ1n) is 11.2. The van der Waals surface area contributed by atoms with Gasteiger partial charge in [-0.3, -0.25) is 9.78 Å². The molecule has 1 fully saturated rings. The smallest absolute Gasteiger partial charge is 0.221 e. The summed E-state index contributed by atoms with van der Waals surface area (Å²) in [6.07, 6.45) is 6.76. The van der Waals surface area contributed by atoms with E-state index in [1.54, 1.807) is 7.11 Å². The molecule has 1 aliphatic rings. The normalized spacial score (nSPS) is 14.7. The molecule has 2 aromatic carbocycles. The third kappa shape index (κ3) is 5.10. The van der Waals surface area contributed by atoms with Gasteiger partial charge >= 0.3 is 0 Å². The van der Waals surface area contributed by atoms with Crippen molar-refractivity contribution in [2.45, 2.75) is 51.6 Å². The number of nitrogens with zero attached hydrogens (tertiary/aromatic N) is 1. The van der Waals surface area contributed by atoms with E-state index in [1.807, 2.05) is 36.5 Å². The minimum absolute atomic E-state index is 0.0691. The lowest BCUT2D eigenvalue weighted by Crippen LogP contribution is -2.11. The molecule has 1 N–H and O–H groups in total. The Morgan fingerprint density at radius 3 is 2.44 bits per heavy atom. The Bertz CT molecular complexity index is 1070. The summed E-state index contributed by atoms with van der Waals surface area (Å²) >= 11 is 0. The van der Waals surface area contributed by atoms with Crippen LogP contribution in [0.2, 0.25) is 0 Å². The molecule has 1 atom stereocenters. The molecule has 1 aromatic heterocycles. The van der Waals surface area contributed by atoms with E-state index in [2.05, 4.69) is 41.5 Å². The molecule has 0 saturated heterocycles. The molecule has 3 aromatic rings. The first-order valence-corrected chi connectivity index (χ1v) is 11.2. The Morgan fingerprint density at radius 2 is 1.75 bits per heavy atom. The first kappa shape index (κ1) is 21.9. The van der Waals surface area contributed by atoms with Crippen LogP contribution in [0.15, 0.2) is 60.8 Å². The fraction of sp³-hybridized carbons (Fsp3) is 0.333. The van der Waals surface area contributed by atoms with Crippen molar-refractivity contribution in [3.8, 4) is 22.8 Å². The summed E-state index contributed by atoms with van der Waals surface area (Å²) < 4.78 is 11.8. The number of anilines is 1. The van der Waals surface area contributed by atoms with Crippen LogP contribution in [-0.4, -0.2) is 24.1 Å². The number of pyridine rings is 1. The van der Waals surface area contributed by atoms with Crippen LogP contribution in [-0.2, 0) is 4.79 Å². The van der Waals surface area contributed by atoms with Crippen molar-refractivity contribution in [2.75, 3.05) is 12.4 Å². The Hall–Kier alpha value is -3.34. The van der Waals surface area contributed by atoms with Crippen molar-refractivity contribution in [3.05, 3.63) is 71.9 Å². The summed E-state index contributed by atoms with van der Waals surface area (Å²) in [6.45, 7) is 3.69. The lowest BCUT2D eigenvalue weighted by atomic mass is 9.92. The number of carbonyl (C=O) groups excluding carboxylic acids is 1. The fourth-order valence-electron chi connectivity index (χ4n) is 4.24. The van der Waals surface area contributed by atoms with Gasteiger partial charge in [0.15, 0.2) is 11.5 Å². The second kappa shape index (κ2) is 9.86. The van der Waals surface area contributed by atoms with Crippen molar-refractivity contribution in [1.82, 2.24) is 4.98 Å². The van der Waals surface area contributed by atoms with Gasteiger partial charge in [-0.2, -0.15) is 0 Å². The van der Waals surface area contributed by atoms with E-state index < -0.39 is 0 Å². The summed E-state index contributed by atoms with van der Waals surface area (Å²) in [5, 5.41) is 2.81. The first-order chi connectivity index (χ1) is 15.5. The molecule has 0 aliphatic heterocycles. The molecular weight excluding hydrogens is 400 g/mol. The van der Waals surface area contributed by atoms with Crippen LogP contribution in [0.4, 0.5) is 5.69 Å². The second-order valence-electron chi connectivity index (χ2n) is 8.39. The Morgan fingerprint density at radius 1 is 1.00 bits per heavy atom. The largest absolute Gasteiger partial charge is 0.493 e. The predicted octanol–water partition coefficient (Wildman–Crippen LogP) is 6.19. The minimum atomic E-state index is -0.0691. The molecule has 1 saturated carbocycles. The van der Waals surface area contributed by atoms with Crippen LogP contribution in [0.3, 0.4) is 0 Å². The van der Waals surface area contributed by atoms with Crippen LogP contribution in [0.1, 0.15) is 56.6 Å². The lowest BCUT2D eigenvalue weighted by Gasteiger charge is -2.17. The molecule has 1 aliphatic carbocycles. The van der Waals surface area contributed by atoms with Gasteiger partial charge in [0.25, 0.3) is 0 Å². The van der Waals surface area contributed by atoms with E-state index in [9.17, 15) is 4.79 Å². The van der Waals surface area contributed by atoms with Gasteiger partial charge in [-0.15, -0.1) is 0 Å². The second-order valence-corrected chi connectivity index (χ2v) is 8.39. The number of aromatic nitrogens is 1. The molecule has 1 heterocycles. The zero-order valence-electron chi connectivity index (χ0n) is 18.9. The summed E-state index contributed by atoms with van der Waals surface area (Å²) in [4.78, 5) is 15.9. The van der Waals surface area contributed by atoms with E-state index in [0.717, 1.165) is 41.3 Å². The summed E-state index contributed by atoms with van der Waals surface area (Å²) in [5.74, 6) is 1.66. The van der Waals surface area contributed by atoms with Gasteiger partial charge in [0.1, 0.15) is 0 Å². The summed E-state index contributed by atoms with van der Waals surface area (Å²) in [6, 6.07) is 18.2. The highest BCUT2D eigenvalue weighted by atomic mass is 16.5. The number of nitrogens with one attached hydrogen (secondary N) is 1. The van der Waals surface area contributed by atoms with Crippen molar-refractivity contribution < 1.29 is 14.3 Å². The number of benzene rings is 2. The fourth-order valence-corrected chi connectivity index (χ4v) is 4.24. The maximum absolute atomic E-state index is 11.3. The highest BCUT2D eigenvalue weighted by molar-refractivity contribution is 5.88. The van der Waals surface area contributed by atoms with Crippen molar-refractivity contribution in [3.63, 3.8) is 0 Å². The number of amides is 1. The third-order valence-corrected chi connectivity index (χ3v) is 6.07. The van der Waals surface area contributed by atoms with Gasteiger partial charge in [-0.25, -0.2) is 0 Å². The zero-order chi connectivity index (χ0) is 22.5. The number of ether oxygens (including phenoxy) is 2. The molecule has 32 heavy (non-hydrogen) atoms. The quantitative estimate of drug-likeness (QED) is 0.486. The van der Waals surface area contributed by atoms with Crippen LogP contribution in [0.5, 0.6) is 11.5 Å². The van der Waals surface area contributed by atoms with E-state index >= 15 is 0 Å². The van der Waals surface area contributed by atoms with E-state index in [-0.39, 0.29) is 17.9 Å². The third-order valence-electron chi connectivity index (χ3n) is 6.07. The highest BCUT2D eigenvalue weighted by Gasteiger charge is 2.19. The molecule has 5 nitrogen and oxygen atoms in total. The molecule has 0 radical (unpaired) electrons. The number of hydrogen-bond acceptors (Lipinski definition) is 4. The van der Waals surface area contributed by atoms with Crippen LogP contribution in [0, 0.1) is 0 Å². The molecule has 166 valence electrons. The minimum Gasteiger partial charge on any atom is -0.493 e. The van der Waals surface area contributed by atoms with Gasteiger partial charge in [0, 0.05) is 30.3 Å². The monoisotopic (exact) mass is 430 g/mol. The Balaban J connectivity index is 1.57. The van der Waals surface area contributed by atoms with Crippen molar-refractivity contribution >= 4 is 11.6 Å². The number of hydrogen-bond donors (Lipinski definition) is 1. The molecule has 0 bridgehead atoms. The molecule has 1 unspecified atom stereocenters. The summed E-state index contributed by atoms with van der Waals surface area (Å²) in [5.41, 5.74) is 5.07. The topological polar surface area (TPSA) is 60.5 Å². The molecule has 4 rings (SSSR count). The van der Waals surface area contributed by atoms with Crippen molar-refractivity contribution in [1.29, 1.82) is 0 Å². The van der Waals surface area contributed by atoms with Gasteiger partial charge in [0.2, 0.25) is 5.91 Å². The zero-order valence-corrected chi connectivity index (χ0v) is 18.9. The molecule has 5 heteroatoms. The van der Waals surface area contributed by atoms with Gasteiger partial charge in [0.05, 0.1) is 18.9 Å². The lowest BCUT2D eigenvalue weighted by molar-refractivity contribution is -0.114.